The van der Waals surface area contributed by atoms with Crippen molar-refractivity contribution >= 4 is 17.4 Å². The van der Waals surface area contributed by atoms with Crippen LogP contribution < -0.4 is 5.32 Å². The minimum atomic E-state index is -0.701. The Hall–Kier alpha value is -1.48. The summed E-state index contributed by atoms with van der Waals surface area (Å²) in [5, 5.41) is 16.3. The number of aromatic nitrogens is 2. The van der Waals surface area contributed by atoms with Crippen molar-refractivity contribution < 1.29 is 4.79 Å². The molecule has 1 heterocycles. The summed E-state index contributed by atoms with van der Waals surface area (Å²) in [5.74, 6) is -0.0500. The monoisotopic (exact) mass is 278 g/mol. The molecular weight excluding hydrogens is 260 g/mol. The number of carbonyl (C=O) groups is 1. The highest BCUT2D eigenvalue weighted by Crippen LogP contribution is 2.29. The van der Waals surface area contributed by atoms with Gasteiger partial charge in [-0.05, 0) is 30.3 Å². The van der Waals surface area contributed by atoms with E-state index in [1.165, 1.54) is 0 Å². The van der Waals surface area contributed by atoms with Crippen molar-refractivity contribution in [3.63, 3.8) is 0 Å². The average molecular weight is 278 g/mol. The lowest BCUT2D eigenvalue weighted by Crippen LogP contribution is -2.48. The third-order valence-corrected chi connectivity index (χ3v) is 4.28. The van der Waals surface area contributed by atoms with Crippen LogP contribution in [0, 0.1) is 11.3 Å². The number of hydrogen-bond acceptors (Lipinski definition) is 5. The Bertz CT molecular complexity index is 497. The maximum atomic E-state index is 12.3. The van der Waals surface area contributed by atoms with Crippen molar-refractivity contribution in [2.45, 2.75) is 57.4 Å². The Balaban J connectivity index is 2.16. The Labute approximate surface area is 117 Å². The quantitative estimate of drug-likeness (QED) is 0.921. The molecule has 19 heavy (non-hydrogen) atoms. The first kappa shape index (κ1) is 13.9. The number of hydrogen-bond donors (Lipinski definition) is 1. The molecule has 1 N–H and O–H groups in total. The van der Waals surface area contributed by atoms with Gasteiger partial charge >= 0.3 is 0 Å². The molecule has 102 valence electrons. The number of rotatable bonds is 3. The van der Waals surface area contributed by atoms with Crippen LogP contribution in [0.1, 0.15) is 67.2 Å². The highest BCUT2D eigenvalue weighted by Gasteiger charge is 2.35. The molecule has 2 rings (SSSR count). The van der Waals surface area contributed by atoms with Gasteiger partial charge in [0.1, 0.15) is 10.4 Å². The van der Waals surface area contributed by atoms with Gasteiger partial charge in [0.15, 0.2) is 0 Å². The molecule has 1 aliphatic rings. The zero-order chi connectivity index (χ0) is 13.9. The Morgan fingerprint density at radius 3 is 2.68 bits per heavy atom. The van der Waals surface area contributed by atoms with Crippen LogP contribution in [-0.4, -0.2) is 21.0 Å². The number of nitrogens with zero attached hydrogens (tertiary/aromatic N) is 3. The van der Waals surface area contributed by atoms with E-state index in [0.717, 1.165) is 43.6 Å². The van der Waals surface area contributed by atoms with Gasteiger partial charge < -0.3 is 5.32 Å². The van der Waals surface area contributed by atoms with E-state index in [1.54, 1.807) is 0 Å². The molecular formula is C13H18N4OS. The minimum Gasteiger partial charge on any atom is -0.333 e. The summed E-state index contributed by atoms with van der Waals surface area (Å²) in [6, 6.07) is 2.29. The molecule has 1 amide bonds. The lowest BCUT2D eigenvalue weighted by Gasteiger charge is -2.31. The smallest absolute Gasteiger partial charge is 0.266 e. The van der Waals surface area contributed by atoms with Crippen LogP contribution >= 0.6 is 11.5 Å². The van der Waals surface area contributed by atoms with Gasteiger partial charge in [0.2, 0.25) is 0 Å². The second-order valence-electron chi connectivity index (χ2n) is 5.35. The highest BCUT2D eigenvalue weighted by atomic mass is 32.1. The van der Waals surface area contributed by atoms with Crippen LogP contribution in [0.25, 0.3) is 0 Å². The van der Waals surface area contributed by atoms with Crippen LogP contribution in [0.2, 0.25) is 0 Å². The van der Waals surface area contributed by atoms with E-state index in [9.17, 15) is 10.1 Å². The SMILES string of the molecule is CC(C)c1nnsc1C(=O)NC1(C#N)CCCCC1. The summed E-state index contributed by atoms with van der Waals surface area (Å²) in [7, 11) is 0. The van der Waals surface area contributed by atoms with Crippen LogP contribution in [-0.2, 0) is 0 Å². The van der Waals surface area contributed by atoms with Gasteiger partial charge in [-0.25, -0.2) is 0 Å². The van der Waals surface area contributed by atoms with E-state index < -0.39 is 5.54 Å². The van der Waals surface area contributed by atoms with Gasteiger partial charge in [0, 0.05) is 0 Å². The molecule has 1 saturated carbocycles. The topological polar surface area (TPSA) is 78.7 Å². The lowest BCUT2D eigenvalue weighted by molar-refractivity contribution is 0.0905. The van der Waals surface area contributed by atoms with E-state index in [0.29, 0.717) is 10.6 Å². The molecule has 0 saturated heterocycles. The van der Waals surface area contributed by atoms with Gasteiger partial charge in [-0.15, -0.1) is 5.10 Å². The molecule has 0 aromatic carbocycles. The van der Waals surface area contributed by atoms with Crippen molar-refractivity contribution in [3.05, 3.63) is 10.6 Å². The molecule has 0 atom stereocenters. The fourth-order valence-corrected chi connectivity index (χ4v) is 3.14. The van der Waals surface area contributed by atoms with Crippen LogP contribution in [0.5, 0.6) is 0 Å². The van der Waals surface area contributed by atoms with Gasteiger partial charge in [-0.3, -0.25) is 4.79 Å². The first-order chi connectivity index (χ1) is 9.08. The first-order valence-electron chi connectivity index (χ1n) is 6.64. The molecule has 6 heteroatoms. The maximum absolute atomic E-state index is 12.3. The van der Waals surface area contributed by atoms with Crippen molar-refractivity contribution in [2.75, 3.05) is 0 Å². The van der Waals surface area contributed by atoms with E-state index in [2.05, 4.69) is 21.0 Å². The van der Waals surface area contributed by atoms with Crippen molar-refractivity contribution in [1.82, 2.24) is 14.9 Å². The second kappa shape index (κ2) is 5.66. The fourth-order valence-electron chi connectivity index (χ4n) is 2.43. The summed E-state index contributed by atoms with van der Waals surface area (Å²) >= 11 is 1.10. The fraction of sp³-hybridized carbons (Fsp3) is 0.692. The van der Waals surface area contributed by atoms with Crippen molar-refractivity contribution in [3.8, 4) is 6.07 Å². The van der Waals surface area contributed by atoms with E-state index in [4.69, 9.17) is 0 Å². The van der Waals surface area contributed by atoms with Gasteiger partial charge in [0.25, 0.3) is 5.91 Å². The summed E-state index contributed by atoms with van der Waals surface area (Å²) in [4.78, 5) is 12.9. The summed E-state index contributed by atoms with van der Waals surface area (Å²) < 4.78 is 3.85. The molecule has 0 bridgehead atoms. The van der Waals surface area contributed by atoms with Crippen LogP contribution in [0.15, 0.2) is 0 Å². The maximum Gasteiger partial charge on any atom is 0.266 e. The number of carbonyl (C=O) groups excluding carboxylic acids is 1. The number of amides is 1. The Kier molecular flexibility index (Phi) is 4.15. The minimum absolute atomic E-state index is 0.156. The molecule has 1 aromatic rings. The van der Waals surface area contributed by atoms with Crippen LogP contribution in [0.3, 0.4) is 0 Å². The summed E-state index contributed by atoms with van der Waals surface area (Å²) in [6.45, 7) is 3.96. The van der Waals surface area contributed by atoms with Crippen LogP contribution in [0.4, 0.5) is 0 Å². The lowest BCUT2D eigenvalue weighted by atomic mass is 9.83. The normalized spacial score (nSPS) is 18.0. The standard InChI is InChI=1S/C13H18N4OS/c1-9(2)10-11(19-17-16-10)12(18)15-13(8-14)6-4-3-5-7-13/h9H,3-7H2,1-2H3,(H,15,18). The predicted octanol–water partition coefficient (Wildman–Crippen LogP) is 2.62. The molecule has 0 aliphatic heterocycles. The Morgan fingerprint density at radius 1 is 1.42 bits per heavy atom. The molecule has 0 unspecified atom stereocenters. The predicted molar refractivity (Wildman–Crippen MR) is 72.9 cm³/mol. The molecule has 0 spiro atoms. The molecule has 5 nitrogen and oxygen atoms in total. The highest BCUT2D eigenvalue weighted by molar-refractivity contribution is 7.08. The largest absolute Gasteiger partial charge is 0.333 e. The van der Waals surface area contributed by atoms with E-state index in [-0.39, 0.29) is 11.8 Å². The third-order valence-electron chi connectivity index (χ3n) is 3.54. The van der Waals surface area contributed by atoms with Gasteiger partial charge in [-0.1, -0.05) is 37.6 Å². The number of nitrogens with one attached hydrogen (secondary N) is 1. The summed E-state index contributed by atoms with van der Waals surface area (Å²) in [6.07, 6.45) is 4.59. The zero-order valence-electron chi connectivity index (χ0n) is 11.3. The van der Waals surface area contributed by atoms with Crippen molar-refractivity contribution in [2.24, 2.45) is 0 Å². The molecule has 0 radical (unpaired) electrons. The van der Waals surface area contributed by atoms with E-state index in [1.807, 2.05) is 13.8 Å². The third kappa shape index (κ3) is 2.92. The zero-order valence-corrected chi connectivity index (χ0v) is 12.1. The van der Waals surface area contributed by atoms with Gasteiger partial charge in [0.05, 0.1) is 11.8 Å². The van der Waals surface area contributed by atoms with Gasteiger partial charge in [-0.2, -0.15) is 5.26 Å². The Morgan fingerprint density at radius 2 is 2.11 bits per heavy atom. The molecule has 1 fully saturated rings. The van der Waals surface area contributed by atoms with Crippen molar-refractivity contribution in [1.29, 1.82) is 5.26 Å². The second-order valence-corrected chi connectivity index (χ2v) is 6.10. The first-order valence-corrected chi connectivity index (χ1v) is 7.41. The van der Waals surface area contributed by atoms with E-state index >= 15 is 0 Å². The number of nitriles is 1. The summed E-state index contributed by atoms with van der Waals surface area (Å²) in [5.41, 5.74) is 0.0134. The average Bonchev–Trinajstić information content (AvgIpc) is 2.89. The molecule has 1 aromatic heterocycles. The molecule has 1 aliphatic carbocycles.